The molecule has 0 radical (unpaired) electrons. The first-order chi connectivity index (χ1) is 8.58. The molecule has 0 saturated carbocycles. The Morgan fingerprint density at radius 3 is 2.61 bits per heavy atom. The summed E-state index contributed by atoms with van der Waals surface area (Å²) in [5.41, 5.74) is 2.27. The van der Waals surface area contributed by atoms with Gasteiger partial charge in [0.15, 0.2) is 0 Å². The van der Waals surface area contributed by atoms with Gasteiger partial charge >= 0.3 is 0 Å². The Morgan fingerprint density at radius 2 is 1.89 bits per heavy atom. The molecule has 0 saturated heterocycles. The lowest BCUT2D eigenvalue weighted by Gasteiger charge is -2.09. The first kappa shape index (κ1) is 12.1. The van der Waals surface area contributed by atoms with E-state index in [1.54, 1.807) is 0 Å². The minimum Gasteiger partial charge on any atom is -0.457 e. The molecule has 0 heterocycles. The molecule has 0 amide bonds. The fourth-order valence-corrected chi connectivity index (χ4v) is 1.63. The molecule has 0 spiro atoms. The molecule has 0 aromatic heterocycles. The van der Waals surface area contributed by atoms with Crippen molar-refractivity contribution >= 4 is 0 Å². The van der Waals surface area contributed by atoms with Gasteiger partial charge in [-0.3, -0.25) is 0 Å². The second-order valence-corrected chi connectivity index (χ2v) is 4.16. The predicted molar refractivity (Wildman–Crippen MR) is 67.1 cm³/mol. The SMILES string of the molecule is Cc1ccc(C)c(Oc2cc(F)cc(C#N)c2)c1. The standard InChI is InChI=1S/C15H12FNO/c1-10-3-4-11(2)15(5-10)18-14-7-12(9-17)6-13(16)8-14/h3-8H,1-2H3. The summed E-state index contributed by atoms with van der Waals surface area (Å²) in [6, 6.07) is 11.7. The van der Waals surface area contributed by atoms with Crippen LogP contribution in [0.4, 0.5) is 4.39 Å². The summed E-state index contributed by atoms with van der Waals surface area (Å²) in [4.78, 5) is 0. The average molecular weight is 241 g/mol. The third kappa shape index (κ3) is 2.67. The largest absolute Gasteiger partial charge is 0.457 e. The zero-order chi connectivity index (χ0) is 13.1. The molecule has 0 unspecified atom stereocenters. The van der Waals surface area contributed by atoms with E-state index in [1.807, 2.05) is 38.1 Å². The van der Waals surface area contributed by atoms with Gasteiger partial charge in [0.05, 0.1) is 11.6 Å². The monoisotopic (exact) mass is 241 g/mol. The van der Waals surface area contributed by atoms with E-state index in [9.17, 15) is 4.39 Å². The van der Waals surface area contributed by atoms with E-state index in [-0.39, 0.29) is 5.56 Å². The number of ether oxygens (including phenoxy) is 1. The van der Waals surface area contributed by atoms with Gasteiger partial charge in [-0.05, 0) is 43.2 Å². The fraction of sp³-hybridized carbons (Fsp3) is 0.133. The molecule has 0 aliphatic carbocycles. The minimum absolute atomic E-state index is 0.246. The molecular formula is C15H12FNO. The van der Waals surface area contributed by atoms with Crippen molar-refractivity contribution in [3.63, 3.8) is 0 Å². The lowest BCUT2D eigenvalue weighted by atomic mass is 10.1. The van der Waals surface area contributed by atoms with Crippen molar-refractivity contribution in [3.8, 4) is 17.6 Å². The number of hydrogen-bond acceptors (Lipinski definition) is 2. The Balaban J connectivity index is 2.37. The summed E-state index contributed by atoms with van der Waals surface area (Å²) in [6.07, 6.45) is 0. The van der Waals surface area contributed by atoms with Crippen LogP contribution in [0.1, 0.15) is 16.7 Å². The van der Waals surface area contributed by atoms with E-state index in [0.29, 0.717) is 11.5 Å². The molecule has 0 bridgehead atoms. The quantitative estimate of drug-likeness (QED) is 0.792. The van der Waals surface area contributed by atoms with Crippen LogP contribution in [-0.2, 0) is 0 Å². The van der Waals surface area contributed by atoms with Crippen molar-refractivity contribution in [1.82, 2.24) is 0 Å². The van der Waals surface area contributed by atoms with Crippen LogP contribution in [-0.4, -0.2) is 0 Å². The van der Waals surface area contributed by atoms with Crippen LogP contribution in [0.3, 0.4) is 0 Å². The number of aryl methyl sites for hydroxylation is 2. The van der Waals surface area contributed by atoms with Crippen molar-refractivity contribution in [3.05, 3.63) is 58.9 Å². The predicted octanol–water partition coefficient (Wildman–Crippen LogP) is 4.11. The lowest BCUT2D eigenvalue weighted by Crippen LogP contribution is -1.90. The van der Waals surface area contributed by atoms with Crippen LogP contribution >= 0.6 is 0 Å². The maximum Gasteiger partial charge on any atom is 0.131 e. The smallest absolute Gasteiger partial charge is 0.131 e. The van der Waals surface area contributed by atoms with Gasteiger partial charge in [-0.1, -0.05) is 12.1 Å². The number of nitrogens with zero attached hydrogens (tertiary/aromatic N) is 1. The Bertz CT molecular complexity index is 629. The lowest BCUT2D eigenvalue weighted by molar-refractivity contribution is 0.472. The zero-order valence-electron chi connectivity index (χ0n) is 10.2. The van der Waals surface area contributed by atoms with Gasteiger partial charge in [-0.25, -0.2) is 4.39 Å². The number of benzene rings is 2. The topological polar surface area (TPSA) is 33.0 Å². The highest BCUT2D eigenvalue weighted by Crippen LogP contribution is 2.27. The molecule has 0 N–H and O–H groups in total. The summed E-state index contributed by atoms with van der Waals surface area (Å²) in [5, 5.41) is 8.78. The van der Waals surface area contributed by atoms with E-state index < -0.39 is 5.82 Å². The Morgan fingerprint density at radius 1 is 1.11 bits per heavy atom. The molecule has 2 aromatic rings. The van der Waals surface area contributed by atoms with Crippen LogP contribution in [0.25, 0.3) is 0 Å². The summed E-state index contributed by atoms with van der Waals surface area (Å²) in [5.74, 6) is 0.527. The van der Waals surface area contributed by atoms with Gasteiger partial charge in [0.1, 0.15) is 17.3 Å². The number of nitriles is 1. The molecule has 0 aliphatic rings. The normalized spacial score (nSPS) is 9.89. The van der Waals surface area contributed by atoms with Crippen LogP contribution < -0.4 is 4.74 Å². The molecule has 2 aromatic carbocycles. The third-order valence-electron chi connectivity index (χ3n) is 2.57. The molecule has 2 rings (SSSR count). The highest BCUT2D eigenvalue weighted by Gasteiger charge is 2.05. The van der Waals surface area contributed by atoms with Crippen molar-refractivity contribution in [2.75, 3.05) is 0 Å². The highest BCUT2D eigenvalue weighted by molar-refractivity contribution is 5.42. The van der Waals surface area contributed by atoms with E-state index in [2.05, 4.69) is 0 Å². The maximum atomic E-state index is 13.3. The summed E-state index contributed by atoms with van der Waals surface area (Å²) >= 11 is 0. The molecule has 0 aliphatic heterocycles. The first-order valence-electron chi connectivity index (χ1n) is 5.54. The van der Waals surface area contributed by atoms with Crippen molar-refractivity contribution in [2.45, 2.75) is 13.8 Å². The summed E-state index contributed by atoms with van der Waals surface area (Å²) in [7, 11) is 0. The highest BCUT2D eigenvalue weighted by atomic mass is 19.1. The second-order valence-electron chi connectivity index (χ2n) is 4.16. The van der Waals surface area contributed by atoms with Crippen molar-refractivity contribution < 1.29 is 9.13 Å². The Hall–Kier alpha value is -2.34. The number of halogens is 1. The van der Waals surface area contributed by atoms with Crippen LogP contribution in [0.15, 0.2) is 36.4 Å². The van der Waals surface area contributed by atoms with Crippen LogP contribution in [0.5, 0.6) is 11.5 Å². The Labute approximate surface area is 105 Å². The molecule has 2 nitrogen and oxygen atoms in total. The van der Waals surface area contributed by atoms with E-state index >= 15 is 0 Å². The second kappa shape index (κ2) is 4.89. The number of hydrogen-bond donors (Lipinski definition) is 0. The maximum absolute atomic E-state index is 13.3. The van der Waals surface area contributed by atoms with Gasteiger partial charge in [0.2, 0.25) is 0 Å². The number of rotatable bonds is 2. The Kier molecular flexibility index (Phi) is 3.29. The fourth-order valence-electron chi connectivity index (χ4n) is 1.63. The van der Waals surface area contributed by atoms with Gasteiger partial charge in [0.25, 0.3) is 0 Å². The van der Waals surface area contributed by atoms with Gasteiger partial charge in [-0.15, -0.1) is 0 Å². The van der Waals surface area contributed by atoms with Crippen molar-refractivity contribution in [1.29, 1.82) is 5.26 Å². The van der Waals surface area contributed by atoms with E-state index in [1.165, 1.54) is 18.2 Å². The van der Waals surface area contributed by atoms with Crippen molar-refractivity contribution in [2.24, 2.45) is 0 Å². The van der Waals surface area contributed by atoms with Crippen LogP contribution in [0.2, 0.25) is 0 Å². The molecule has 90 valence electrons. The first-order valence-corrected chi connectivity index (χ1v) is 5.54. The van der Waals surface area contributed by atoms with Gasteiger partial charge in [-0.2, -0.15) is 5.26 Å². The molecular weight excluding hydrogens is 229 g/mol. The van der Waals surface area contributed by atoms with E-state index in [4.69, 9.17) is 10.00 Å². The summed E-state index contributed by atoms with van der Waals surface area (Å²) < 4.78 is 18.9. The van der Waals surface area contributed by atoms with Gasteiger partial charge < -0.3 is 4.74 Å². The molecule has 0 atom stereocenters. The van der Waals surface area contributed by atoms with Crippen LogP contribution in [0, 0.1) is 31.0 Å². The van der Waals surface area contributed by atoms with E-state index in [0.717, 1.165) is 11.1 Å². The molecule has 3 heteroatoms. The summed E-state index contributed by atoms with van der Waals surface area (Å²) in [6.45, 7) is 3.87. The zero-order valence-corrected chi connectivity index (χ0v) is 10.2. The minimum atomic E-state index is -0.477. The average Bonchev–Trinajstić information content (AvgIpc) is 2.33. The molecule has 18 heavy (non-hydrogen) atoms. The third-order valence-corrected chi connectivity index (χ3v) is 2.57. The van der Waals surface area contributed by atoms with Gasteiger partial charge in [0, 0.05) is 6.07 Å². The molecule has 0 fully saturated rings.